The van der Waals surface area contributed by atoms with Crippen LogP contribution in [0.5, 0.6) is 5.75 Å². The number of ether oxygens (including phenoxy) is 1. The van der Waals surface area contributed by atoms with Crippen LogP contribution in [0.25, 0.3) is 10.1 Å². The second-order valence-corrected chi connectivity index (χ2v) is 11.3. The third-order valence-electron chi connectivity index (χ3n) is 7.19. The number of alkyl halides is 6. The normalized spacial score (nSPS) is 13.8. The van der Waals surface area contributed by atoms with Crippen molar-refractivity contribution in [2.24, 2.45) is 5.92 Å². The predicted octanol–water partition coefficient (Wildman–Crippen LogP) is 6.66. The molecule has 242 valence electrons. The lowest BCUT2D eigenvalue weighted by Gasteiger charge is -2.38. The Morgan fingerprint density at radius 2 is 1.65 bits per heavy atom. The zero-order valence-corrected chi connectivity index (χ0v) is 24.3. The van der Waals surface area contributed by atoms with Gasteiger partial charge < -0.3 is 25.4 Å². The molecule has 1 aliphatic heterocycles. The van der Waals surface area contributed by atoms with Gasteiger partial charge in [0.2, 0.25) is 0 Å². The minimum absolute atomic E-state index is 0.00779. The van der Waals surface area contributed by atoms with Crippen LogP contribution in [0, 0.1) is 11.7 Å². The Morgan fingerprint density at radius 1 is 0.935 bits per heavy atom. The number of rotatable bonds is 7. The average molecular weight is 670 g/mol. The summed E-state index contributed by atoms with van der Waals surface area (Å²) < 4.78 is 99.1. The number of nitrogens with zero attached hydrogens (tertiary/aromatic N) is 1. The topological polar surface area (TPSA) is 108 Å². The quantitative estimate of drug-likeness (QED) is 0.191. The molecule has 1 saturated heterocycles. The highest BCUT2D eigenvalue weighted by Gasteiger charge is 2.35. The third kappa shape index (κ3) is 6.48. The number of carbonyl (C=O) groups excluding carboxylic acids is 3. The van der Waals surface area contributed by atoms with Gasteiger partial charge in [0.05, 0.1) is 29.5 Å². The summed E-state index contributed by atoms with van der Waals surface area (Å²) >= 11 is 0.531. The molecule has 3 amide bonds. The standard InChI is InChI=1S/C30H22F7N3O5S/c1-45-22-7-2-15(28(44)40-11-14(12-40)13-41)8-19(22)26(42)39-24-18-5-3-16(29(32,33)34)9-23(18)46-25(24)27(43)38-17-4-6-21(31)20(10-17)30(35,36)37/h2-10,14,41H,11-13H2,1H3,(H,38,43)(H,39,42). The summed E-state index contributed by atoms with van der Waals surface area (Å²) in [5.41, 5.74) is -3.51. The van der Waals surface area contributed by atoms with Crippen LogP contribution in [0.3, 0.4) is 0 Å². The number of hydrogen-bond acceptors (Lipinski definition) is 6. The number of halogens is 7. The molecule has 1 aromatic heterocycles. The second-order valence-electron chi connectivity index (χ2n) is 10.3. The number of amides is 3. The first-order valence-electron chi connectivity index (χ1n) is 13.3. The fourth-order valence-electron chi connectivity index (χ4n) is 4.80. The van der Waals surface area contributed by atoms with Gasteiger partial charge in [-0.1, -0.05) is 6.07 Å². The van der Waals surface area contributed by atoms with Crippen molar-refractivity contribution in [3.8, 4) is 5.75 Å². The number of thiophene rings is 1. The van der Waals surface area contributed by atoms with Gasteiger partial charge in [-0.05, 0) is 48.5 Å². The van der Waals surface area contributed by atoms with Crippen molar-refractivity contribution in [1.82, 2.24) is 4.90 Å². The minimum Gasteiger partial charge on any atom is -0.496 e. The van der Waals surface area contributed by atoms with Gasteiger partial charge in [0.25, 0.3) is 17.7 Å². The maximum Gasteiger partial charge on any atom is 0.419 e. The van der Waals surface area contributed by atoms with Gasteiger partial charge in [-0.3, -0.25) is 14.4 Å². The van der Waals surface area contributed by atoms with Crippen molar-refractivity contribution in [2.45, 2.75) is 12.4 Å². The SMILES string of the molecule is COc1ccc(C(=O)N2CC(CO)C2)cc1C(=O)Nc1c(C(=O)Nc2ccc(F)c(C(F)(F)F)c2)sc2cc(C(F)(F)F)ccc12. The van der Waals surface area contributed by atoms with Crippen LogP contribution in [0.2, 0.25) is 0 Å². The Labute approximate surface area is 259 Å². The van der Waals surface area contributed by atoms with E-state index in [9.17, 15) is 50.2 Å². The van der Waals surface area contributed by atoms with Crippen molar-refractivity contribution >= 4 is 50.5 Å². The van der Waals surface area contributed by atoms with Crippen molar-refractivity contribution in [2.75, 3.05) is 37.4 Å². The fourth-order valence-corrected chi connectivity index (χ4v) is 5.89. The van der Waals surface area contributed by atoms with E-state index in [0.29, 0.717) is 36.6 Å². The molecule has 1 fully saturated rings. The molecule has 2 heterocycles. The molecule has 3 aromatic carbocycles. The zero-order valence-electron chi connectivity index (χ0n) is 23.5. The number of likely N-dealkylation sites (tertiary alicyclic amines) is 1. The molecule has 8 nitrogen and oxygen atoms in total. The summed E-state index contributed by atoms with van der Waals surface area (Å²) in [4.78, 5) is 40.9. The number of fused-ring (bicyclic) bond motifs is 1. The number of hydrogen-bond donors (Lipinski definition) is 3. The van der Waals surface area contributed by atoms with Crippen LogP contribution in [0.15, 0.2) is 54.6 Å². The first-order valence-corrected chi connectivity index (χ1v) is 14.1. The summed E-state index contributed by atoms with van der Waals surface area (Å²) in [6, 6.07) is 8.22. The van der Waals surface area contributed by atoms with Crippen molar-refractivity contribution in [1.29, 1.82) is 0 Å². The fraction of sp³-hybridized carbons (Fsp3) is 0.233. The van der Waals surface area contributed by atoms with Gasteiger partial charge >= 0.3 is 12.4 Å². The molecule has 0 unspecified atom stereocenters. The number of anilines is 2. The molecule has 0 bridgehead atoms. The molecule has 1 aliphatic rings. The molecule has 5 rings (SSSR count). The lowest BCUT2D eigenvalue weighted by Crippen LogP contribution is -2.51. The molecule has 0 atom stereocenters. The van der Waals surface area contributed by atoms with E-state index in [1.165, 1.54) is 30.2 Å². The molecule has 0 aliphatic carbocycles. The van der Waals surface area contributed by atoms with Gasteiger partial charge in [-0.15, -0.1) is 11.3 Å². The van der Waals surface area contributed by atoms with E-state index in [2.05, 4.69) is 10.6 Å². The first kappa shape index (κ1) is 32.7. The molecule has 0 spiro atoms. The summed E-state index contributed by atoms with van der Waals surface area (Å²) in [5, 5.41) is 13.9. The lowest BCUT2D eigenvalue weighted by molar-refractivity contribution is -0.140. The van der Waals surface area contributed by atoms with Crippen molar-refractivity contribution in [3.05, 3.63) is 87.5 Å². The Hall–Kier alpha value is -4.70. The number of methoxy groups -OCH3 is 1. The molecule has 3 N–H and O–H groups in total. The van der Waals surface area contributed by atoms with E-state index in [-0.39, 0.29) is 50.1 Å². The zero-order chi connectivity index (χ0) is 33.6. The van der Waals surface area contributed by atoms with Gasteiger partial charge in [0.15, 0.2) is 0 Å². The van der Waals surface area contributed by atoms with E-state index in [1.807, 2.05) is 0 Å². The van der Waals surface area contributed by atoms with E-state index < -0.39 is 52.7 Å². The lowest BCUT2D eigenvalue weighted by atomic mass is 9.99. The van der Waals surface area contributed by atoms with Gasteiger partial charge in [0, 0.05) is 47.0 Å². The predicted molar refractivity (Wildman–Crippen MR) is 154 cm³/mol. The third-order valence-corrected chi connectivity index (χ3v) is 8.34. The number of benzene rings is 3. The van der Waals surface area contributed by atoms with Crippen LogP contribution in [0.1, 0.15) is 41.5 Å². The van der Waals surface area contributed by atoms with Crippen LogP contribution < -0.4 is 15.4 Å². The van der Waals surface area contributed by atoms with Crippen LogP contribution in [-0.2, 0) is 12.4 Å². The van der Waals surface area contributed by atoms with Gasteiger partial charge in [-0.2, -0.15) is 26.3 Å². The summed E-state index contributed by atoms with van der Waals surface area (Å²) in [6.07, 6.45) is -9.83. The molecular formula is C30H22F7N3O5S. The smallest absolute Gasteiger partial charge is 0.419 e. The summed E-state index contributed by atoms with van der Waals surface area (Å²) in [6.45, 7) is 0.515. The molecule has 46 heavy (non-hydrogen) atoms. The first-order chi connectivity index (χ1) is 21.6. The largest absolute Gasteiger partial charge is 0.496 e. The van der Waals surface area contributed by atoms with E-state index in [0.717, 1.165) is 24.3 Å². The van der Waals surface area contributed by atoms with E-state index in [4.69, 9.17) is 4.74 Å². The number of carbonyl (C=O) groups is 3. The van der Waals surface area contributed by atoms with Crippen LogP contribution >= 0.6 is 11.3 Å². The highest BCUT2D eigenvalue weighted by Crippen LogP contribution is 2.41. The van der Waals surface area contributed by atoms with Crippen LogP contribution in [-0.4, -0.2) is 54.5 Å². The molecular weight excluding hydrogens is 647 g/mol. The molecule has 0 radical (unpaired) electrons. The minimum atomic E-state index is -5.08. The Morgan fingerprint density at radius 3 is 2.28 bits per heavy atom. The highest BCUT2D eigenvalue weighted by atomic mass is 32.1. The van der Waals surface area contributed by atoms with Crippen LogP contribution in [0.4, 0.5) is 42.1 Å². The maximum atomic E-state index is 13.8. The Kier molecular flexibility index (Phi) is 8.70. The average Bonchev–Trinajstić information content (AvgIpc) is 3.33. The van der Waals surface area contributed by atoms with Gasteiger partial charge in [-0.25, -0.2) is 4.39 Å². The van der Waals surface area contributed by atoms with Crippen molar-refractivity contribution in [3.63, 3.8) is 0 Å². The highest BCUT2D eigenvalue weighted by molar-refractivity contribution is 7.21. The molecule has 0 saturated carbocycles. The van der Waals surface area contributed by atoms with E-state index in [1.54, 1.807) is 0 Å². The maximum absolute atomic E-state index is 13.8. The number of nitrogens with one attached hydrogen (secondary N) is 2. The van der Waals surface area contributed by atoms with E-state index >= 15 is 0 Å². The van der Waals surface area contributed by atoms with Gasteiger partial charge in [0.1, 0.15) is 16.4 Å². The monoisotopic (exact) mass is 669 g/mol. The Bertz CT molecular complexity index is 1850. The Balaban J connectivity index is 1.52. The molecule has 4 aromatic rings. The number of aliphatic hydroxyl groups excluding tert-OH is 1. The summed E-state index contributed by atoms with van der Waals surface area (Å²) in [7, 11) is 1.25. The molecule has 16 heteroatoms. The summed E-state index contributed by atoms with van der Waals surface area (Å²) in [5.74, 6) is -4.09. The number of aliphatic hydroxyl groups is 1. The second kappa shape index (κ2) is 12.2. The van der Waals surface area contributed by atoms with Crippen molar-refractivity contribution < 1.29 is 55.0 Å².